The standard InChI is InChI=1S/C13H22N2/c1-4-10-15(3)13-9-7-6-8-11(13)12(14)5-2/h6-9,12H,4-5,10,14H2,1-3H3. The van der Waals surface area contributed by atoms with E-state index in [0.717, 1.165) is 19.4 Å². The van der Waals surface area contributed by atoms with Crippen LogP contribution >= 0.6 is 0 Å². The molecule has 0 bridgehead atoms. The van der Waals surface area contributed by atoms with Gasteiger partial charge < -0.3 is 10.6 Å². The van der Waals surface area contributed by atoms with Crippen LogP contribution in [0.4, 0.5) is 5.69 Å². The summed E-state index contributed by atoms with van der Waals surface area (Å²) in [5, 5.41) is 0. The van der Waals surface area contributed by atoms with Gasteiger partial charge >= 0.3 is 0 Å². The highest BCUT2D eigenvalue weighted by atomic mass is 15.1. The molecule has 0 saturated carbocycles. The maximum absolute atomic E-state index is 6.10. The highest BCUT2D eigenvalue weighted by molar-refractivity contribution is 5.54. The molecule has 2 nitrogen and oxygen atoms in total. The summed E-state index contributed by atoms with van der Waals surface area (Å²) in [6.07, 6.45) is 2.14. The lowest BCUT2D eigenvalue weighted by atomic mass is 10.0. The Bertz CT molecular complexity index is 296. The van der Waals surface area contributed by atoms with Crippen LogP contribution in [-0.4, -0.2) is 13.6 Å². The summed E-state index contributed by atoms with van der Waals surface area (Å²) in [6, 6.07) is 8.58. The van der Waals surface area contributed by atoms with E-state index in [1.54, 1.807) is 0 Å². The number of rotatable bonds is 5. The highest BCUT2D eigenvalue weighted by Crippen LogP contribution is 2.25. The van der Waals surface area contributed by atoms with Crippen LogP contribution in [0.15, 0.2) is 24.3 Å². The van der Waals surface area contributed by atoms with E-state index in [9.17, 15) is 0 Å². The molecule has 84 valence electrons. The number of anilines is 1. The Kier molecular flexibility index (Phi) is 4.63. The first kappa shape index (κ1) is 12.1. The third-order valence-electron chi connectivity index (χ3n) is 2.75. The van der Waals surface area contributed by atoms with Crippen LogP contribution in [-0.2, 0) is 0 Å². The molecule has 0 saturated heterocycles. The SMILES string of the molecule is CCCN(C)c1ccccc1C(N)CC. The van der Waals surface area contributed by atoms with Crippen molar-refractivity contribution in [1.29, 1.82) is 0 Å². The van der Waals surface area contributed by atoms with Gasteiger partial charge in [-0.25, -0.2) is 0 Å². The van der Waals surface area contributed by atoms with Crippen molar-refractivity contribution in [2.75, 3.05) is 18.5 Å². The summed E-state index contributed by atoms with van der Waals surface area (Å²) < 4.78 is 0. The number of benzene rings is 1. The molecule has 1 atom stereocenters. The average Bonchev–Trinajstić information content (AvgIpc) is 2.28. The Morgan fingerprint density at radius 3 is 2.53 bits per heavy atom. The largest absolute Gasteiger partial charge is 0.374 e. The molecule has 0 fully saturated rings. The molecular formula is C13H22N2. The second kappa shape index (κ2) is 5.76. The fraction of sp³-hybridized carbons (Fsp3) is 0.538. The van der Waals surface area contributed by atoms with Gasteiger partial charge in [0.1, 0.15) is 0 Å². The van der Waals surface area contributed by atoms with E-state index in [1.165, 1.54) is 11.3 Å². The van der Waals surface area contributed by atoms with Crippen molar-refractivity contribution in [1.82, 2.24) is 0 Å². The van der Waals surface area contributed by atoms with Crippen LogP contribution in [0.5, 0.6) is 0 Å². The number of hydrogen-bond acceptors (Lipinski definition) is 2. The van der Waals surface area contributed by atoms with Crippen LogP contribution in [0.2, 0.25) is 0 Å². The topological polar surface area (TPSA) is 29.3 Å². The molecule has 0 aliphatic carbocycles. The zero-order valence-corrected chi connectivity index (χ0v) is 10.0. The molecule has 1 rings (SSSR count). The van der Waals surface area contributed by atoms with E-state index in [2.05, 4.69) is 50.1 Å². The van der Waals surface area contributed by atoms with Gasteiger partial charge in [0, 0.05) is 25.3 Å². The van der Waals surface area contributed by atoms with Gasteiger partial charge in [-0.2, -0.15) is 0 Å². The van der Waals surface area contributed by atoms with Crippen LogP contribution in [0.3, 0.4) is 0 Å². The van der Waals surface area contributed by atoms with Gasteiger partial charge in [0.25, 0.3) is 0 Å². The van der Waals surface area contributed by atoms with Crippen LogP contribution in [0, 0.1) is 0 Å². The van der Waals surface area contributed by atoms with Crippen molar-refractivity contribution in [3.63, 3.8) is 0 Å². The molecule has 0 aliphatic rings. The Hall–Kier alpha value is -1.02. The van der Waals surface area contributed by atoms with E-state index in [0.29, 0.717) is 0 Å². The van der Waals surface area contributed by atoms with Crippen molar-refractivity contribution in [2.24, 2.45) is 5.73 Å². The molecule has 0 aliphatic heterocycles. The first-order chi connectivity index (χ1) is 7.20. The molecule has 2 heteroatoms. The molecule has 0 spiro atoms. The van der Waals surface area contributed by atoms with E-state index < -0.39 is 0 Å². The number of para-hydroxylation sites is 1. The number of nitrogens with zero attached hydrogens (tertiary/aromatic N) is 1. The zero-order chi connectivity index (χ0) is 11.3. The van der Waals surface area contributed by atoms with Crippen molar-refractivity contribution >= 4 is 5.69 Å². The van der Waals surface area contributed by atoms with E-state index in [1.807, 2.05) is 0 Å². The average molecular weight is 206 g/mol. The summed E-state index contributed by atoms with van der Waals surface area (Å²) in [7, 11) is 2.13. The fourth-order valence-electron chi connectivity index (χ4n) is 1.82. The summed E-state index contributed by atoms with van der Waals surface area (Å²) in [5.74, 6) is 0. The van der Waals surface area contributed by atoms with Crippen molar-refractivity contribution < 1.29 is 0 Å². The van der Waals surface area contributed by atoms with Gasteiger partial charge in [-0.3, -0.25) is 0 Å². The monoisotopic (exact) mass is 206 g/mol. The number of hydrogen-bond donors (Lipinski definition) is 1. The summed E-state index contributed by atoms with van der Waals surface area (Å²) >= 11 is 0. The zero-order valence-electron chi connectivity index (χ0n) is 10.0. The molecule has 0 amide bonds. The predicted octanol–water partition coefficient (Wildman–Crippen LogP) is 2.94. The molecule has 1 unspecified atom stereocenters. The lowest BCUT2D eigenvalue weighted by molar-refractivity contribution is 0.693. The quantitative estimate of drug-likeness (QED) is 0.802. The maximum Gasteiger partial charge on any atom is 0.0412 e. The van der Waals surface area contributed by atoms with Crippen molar-refractivity contribution in [3.8, 4) is 0 Å². The Morgan fingerprint density at radius 2 is 1.93 bits per heavy atom. The minimum atomic E-state index is 0.153. The molecule has 2 N–H and O–H groups in total. The molecule has 15 heavy (non-hydrogen) atoms. The summed E-state index contributed by atoms with van der Waals surface area (Å²) in [5.41, 5.74) is 8.63. The second-order valence-corrected chi connectivity index (χ2v) is 4.00. The molecular weight excluding hydrogens is 184 g/mol. The van der Waals surface area contributed by atoms with Gasteiger partial charge in [0.15, 0.2) is 0 Å². The van der Waals surface area contributed by atoms with Crippen molar-refractivity contribution in [3.05, 3.63) is 29.8 Å². The van der Waals surface area contributed by atoms with E-state index >= 15 is 0 Å². The second-order valence-electron chi connectivity index (χ2n) is 4.00. The van der Waals surface area contributed by atoms with Gasteiger partial charge in [-0.15, -0.1) is 0 Å². The van der Waals surface area contributed by atoms with Crippen LogP contribution in [0.1, 0.15) is 38.3 Å². The lowest BCUT2D eigenvalue weighted by Gasteiger charge is -2.24. The minimum Gasteiger partial charge on any atom is -0.374 e. The molecule has 1 aromatic rings. The minimum absolute atomic E-state index is 0.153. The molecule has 1 aromatic carbocycles. The third-order valence-corrected chi connectivity index (χ3v) is 2.75. The highest BCUT2D eigenvalue weighted by Gasteiger charge is 2.10. The fourth-order valence-corrected chi connectivity index (χ4v) is 1.82. The molecule has 0 heterocycles. The third kappa shape index (κ3) is 2.96. The lowest BCUT2D eigenvalue weighted by Crippen LogP contribution is -2.21. The summed E-state index contributed by atoms with van der Waals surface area (Å²) in [4.78, 5) is 2.28. The summed E-state index contributed by atoms with van der Waals surface area (Å²) in [6.45, 7) is 5.40. The Morgan fingerprint density at radius 1 is 1.27 bits per heavy atom. The smallest absolute Gasteiger partial charge is 0.0412 e. The van der Waals surface area contributed by atoms with E-state index in [4.69, 9.17) is 5.73 Å². The van der Waals surface area contributed by atoms with E-state index in [-0.39, 0.29) is 6.04 Å². The van der Waals surface area contributed by atoms with Crippen LogP contribution in [0.25, 0.3) is 0 Å². The first-order valence-corrected chi connectivity index (χ1v) is 5.76. The van der Waals surface area contributed by atoms with Gasteiger partial charge in [-0.05, 0) is 24.5 Å². The number of nitrogens with two attached hydrogens (primary N) is 1. The van der Waals surface area contributed by atoms with Gasteiger partial charge in [-0.1, -0.05) is 32.0 Å². The first-order valence-electron chi connectivity index (χ1n) is 5.76. The van der Waals surface area contributed by atoms with Crippen molar-refractivity contribution in [2.45, 2.75) is 32.7 Å². The van der Waals surface area contributed by atoms with Crippen LogP contribution < -0.4 is 10.6 Å². The van der Waals surface area contributed by atoms with Gasteiger partial charge in [0.05, 0.1) is 0 Å². The Balaban J connectivity index is 2.95. The Labute approximate surface area is 93.1 Å². The molecule has 0 radical (unpaired) electrons. The maximum atomic E-state index is 6.10. The predicted molar refractivity (Wildman–Crippen MR) is 67.2 cm³/mol. The molecule has 0 aromatic heterocycles. The van der Waals surface area contributed by atoms with Gasteiger partial charge in [0.2, 0.25) is 0 Å². The normalized spacial score (nSPS) is 12.5.